The number of carbonyl (C=O) groups excluding carboxylic acids is 3. The lowest BCUT2D eigenvalue weighted by atomic mass is 9.81. The van der Waals surface area contributed by atoms with Crippen molar-refractivity contribution in [3.63, 3.8) is 0 Å². The highest BCUT2D eigenvalue weighted by atomic mass is 35.5. The minimum atomic E-state index is -0.388. The smallest absolute Gasteiger partial charge is 0.272 e. The van der Waals surface area contributed by atoms with E-state index in [9.17, 15) is 14.4 Å². The first-order chi connectivity index (χ1) is 13.6. The summed E-state index contributed by atoms with van der Waals surface area (Å²) >= 11 is 5.94. The van der Waals surface area contributed by atoms with E-state index in [-0.39, 0.29) is 36.1 Å². The number of amides is 3. The first-order valence-electron chi connectivity index (χ1n) is 9.55. The summed E-state index contributed by atoms with van der Waals surface area (Å²) in [5.74, 6) is -1.52. The van der Waals surface area contributed by atoms with Crippen LogP contribution in [0.4, 0.5) is 0 Å². The van der Waals surface area contributed by atoms with Crippen molar-refractivity contribution in [3.8, 4) is 0 Å². The van der Waals surface area contributed by atoms with E-state index in [1.807, 2.05) is 30.3 Å². The number of imide groups is 1. The zero-order valence-electron chi connectivity index (χ0n) is 15.4. The van der Waals surface area contributed by atoms with Gasteiger partial charge in [-0.15, -0.1) is 0 Å². The first-order valence-corrected chi connectivity index (χ1v) is 9.93. The van der Waals surface area contributed by atoms with Gasteiger partial charge in [-0.25, -0.2) is 5.01 Å². The minimum Gasteiger partial charge on any atom is -0.272 e. The summed E-state index contributed by atoms with van der Waals surface area (Å²) in [6.07, 6.45) is 3.30. The molecule has 144 valence electrons. The van der Waals surface area contributed by atoms with Crippen molar-refractivity contribution in [3.05, 3.63) is 70.7 Å². The number of hydrazine groups is 1. The highest BCUT2D eigenvalue weighted by molar-refractivity contribution is 6.30. The third-order valence-electron chi connectivity index (χ3n) is 5.56. The molecule has 2 aromatic rings. The molecule has 1 heterocycles. The maximum Gasteiger partial charge on any atom is 0.273 e. The van der Waals surface area contributed by atoms with Gasteiger partial charge in [0.2, 0.25) is 0 Å². The Morgan fingerprint density at radius 2 is 1.50 bits per heavy atom. The number of benzene rings is 2. The molecule has 0 N–H and O–H groups in total. The molecule has 6 heteroatoms. The van der Waals surface area contributed by atoms with E-state index >= 15 is 0 Å². The Bertz CT molecular complexity index is 874. The van der Waals surface area contributed by atoms with E-state index in [0.717, 1.165) is 23.4 Å². The second-order valence-corrected chi connectivity index (χ2v) is 7.78. The van der Waals surface area contributed by atoms with Gasteiger partial charge < -0.3 is 0 Å². The van der Waals surface area contributed by atoms with Gasteiger partial charge in [0, 0.05) is 10.6 Å². The molecular weight excluding hydrogens is 376 g/mol. The molecule has 4 rings (SSSR count). The van der Waals surface area contributed by atoms with Crippen molar-refractivity contribution in [2.75, 3.05) is 0 Å². The fourth-order valence-electron chi connectivity index (χ4n) is 4.11. The zero-order chi connectivity index (χ0) is 19.7. The largest absolute Gasteiger partial charge is 0.273 e. The summed E-state index contributed by atoms with van der Waals surface area (Å²) in [6.45, 7) is 0.152. The summed E-state index contributed by atoms with van der Waals surface area (Å²) < 4.78 is 0. The first kappa shape index (κ1) is 18.7. The molecule has 1 saturated carbocycles. The van der Waals surface area contributed by atoms with Gasteiger partial charge in [0.25, 0.3) is 17.7 Å². The van der Waals surface area contributed by atoms with Crippen molar-refractivity contribution < 1.29 is 14.4 Å². The summed E-state index contributed by atoms with van der Waals surface area (Å²) in [5.41, 5.74) is 1.23. The van der Waals surface area contributed by atoms with Gasteiger partial charge in [0.15, 0.2) is 0 Å². The molecule has 0 radical (unpaired) electrons. The fourth-order valence-corrected chi connectivity index (χ4v) is 4.24. The molecule has 28 heavy (non-hydrogen) atoms. The van der Waals surface area contributed by atoms with Crippen molar-refractivity contribution >= 4 is 29.3 Å². The van der Waals surface area contributed by atoms with E-state index in [1.165, 1.54) is 5.01 Å². The highest BCUT2D eigenvalue weighted by Gasteiger charge is 2.51. The van der Waals surface area contributed by atoms with Gasteiger partial charge in [0.1, 0.15) is 0 Å². The monoisotopic (exact) mass is 396 g/mol. The van der Waals surface area contributed by atoms with Crippen LogP contribution in [0.1, 0.15) is 41.6 Å². The van der Waals surface area contributed by atoms with Gasteiger partial charge >= 0.3 is 0 Å². The zero-order valence-corrected chi connectivity index (χ0v) is 16.1. The van der Waals surface area contributed by atoms with Crippen molar-refractivity contribution in [1.29, 1.82) is 0 Å². The maximum atomic E-state index is 13.3. The second kappa shape index (κ2) is 7.76. The Labute approximate surface area is 168 Å². The van der Waals surface area contributed by atoms with E-state index in [1.54, 1.807) is 24.3 Å². The molecule has 3 amide bonds. The van der Waals surface area contributed by atoms with Crippen LogP contribution >= 0.6 is 11.6 Å². The van der Waals surface area contributed by atoms with Crippen LogP contribution in [0.15, 0.2) is 54.6 Å². The molecule has 0 bridgehead atoms. The molecule has 1 aliphatic carbocycles. The molecule has 1 aliphatic heterocycles. The molecule has 2 aromatic carbocycles. The number of halogens is 1. The van der Waals surface area contributed by atoms with E-state index in [4.69, 9.17) is 11.6 Å². The van der Waals surface area contributed by atoms with E-state index in [2.05, 4.69) is 0 Å². The number of hydrogen-bond acceptors (Lipinski definition) is 3. The Balaban J connectivity index is 1.70. The van der Waals surface area contributed by atoms with E-state index < -0.39 is 0 Å². The third-order valence-corrected chi connectivity index (χ3v) is 5.81. The molecule has 0 unspecified atom stereocenters. The predicted octanol–water partition coefficient (Wildman–Crippen LogP) is 4.07. The number of rotatable bonds is 4. The van der Waals surface area contributed by atoms with Gasteiger partial charge in [-0.1, -0.05) is 54.8 Å². The lowest BCUT2D eigenvalue weighted by Gasteiger charge is -2.30. The Morgan fingerprint density at radius 1 is 0.929 bits per heavy atom. The molecule has 2 fully saturated rings. The average Bonchev–Trinajstić information content (AvgIpc) is 2.98. The van der Waals surface area contributed by atoms with Crippen LogP contribution in [0.3, 0.4) is 0 Å². The highest BCUT2D eigenvalue weighted by Crippen LogP contribution is 2.39. The topological polar surface area (TPSA) is 57.7 Å². The Morgan fingerprint density at radius 3 is 2.07 bits per heavy atom. The van der Waals surface area contributed by atoms with Gasteiger partial charge in [-0.3, -0.25) is 14.4 Å². The summed E-state index contributed by atoms with van der Waals surface area (Å²) in [4.78, 5) is 39.4. The quantitative estimate of drug-likeness (QED) is 0.732. The molecule has 1 saturated heterocycles. The van der Waals surface area contributed by atoms with Crippen LogP contribution < -0.4 is 0 Å². The maximum absolute atomic E-state index is 13.3. The molecule has 0 spiro atoms. The third kappa shape index (κ3) is 3.42. The number of fused-ring (bicyclic) bond motifs is 1. The van der Waals surface area contributed by atoms with Gasteiger partial charge in [-0.05, 0) is 42.7 Å². The van der Waals surface area contributed by atoms with Crippen LogP contribution in [-0.4, -0.2) is 27.7 Å². The molecule has 2 atom stereocenters. The van der Waals surface area contributed by atoms with Crippen LogP contribution in [0.5, 0.6) is 0 Å². The number of carbonyl (C=O) groups is 3. The minimum absolute atomic E-state index is 0.152. The van der Waals surface area contributed by atoms with E-state index in [0.29, 0.717) is 23.4 Å². The van der Waals surface area contributed by atoms with Gasteiger partial charge in [-0.2, -0.15) is 5.01 Å². The average molecular weight is 397 g/mol. The lowest BCUT2D eigenvalue weighted by molar-refractivity contribution is -0.155. The standard InChI is InChI=1S/C22H21ClN2O3/c23-17-12-10-16(11-13-17)20(26)24(14-15-6-2-1-3-7-15)25-21(27)18-8-4-5-9-19(18)22(25)28/h1-3,6-7,10-13,18-19H,4-5,8-9,14H2/t18-,19-/m1/s1. The van der Waals surface area contributed by atoms with Crippen LogP contribution in [0, 0.1) is 11.8 Å². The molecule has 5 nitrogen and oxygen atoms in total. The van der Waals surface area contributed by atoms with Gasteiger partial charge in [0.05, 0.1) is 18.4 Å². The second-order valence-electron chi connectivity index (χ2n) is 7.34. The van der Waals surface area contributed by atoms with Crippen molar-refractivity contribution in [2.45, 2.75) is 32.2 Å². The molecule has 0 aromatic heterocycles. The molecule has 2 aliphatic rings. The predicted molar refractivity (Wildman–Crippen MR) is 105 cm³/mol. The Kier molecular flexibility index (Phi) is 5.18. The summed E-state index contributed by atoms with van der Waals surface area (Å²) in [7, 11) is 0. The van der Waals surface area contributed by atoms with Crippen LogP contribution in [0.2, 0.25) is 5.02 Å². The van der Waals surface area contributed by atoms with Crippen LogP contribution in [-0.2, 0) is 16.1 Å². The summed E-state index contributed by atoms with van der Waals surface area (Å²) in [5, 5.41) is 2.91. The molecular formula is C22H21ClN2O3. The SMILES string of the molecule is O=C(c1ccc(Cl)cc1)N(Cc1ccccc1)N1C(=O)[C@@H]2CCCC[C@H]2C1=O. The number of hydrogen-bond donors (Lipinski definition) is 0. The summed E-state index contributed by atoms with van der Waals surface area (Å²) in [6, 6.07) is 15.9. The van der Waals surface area contributed by atoms with Crippen molar-refractivity contribution in [2.24, 2.45) is 11.8 Å². The Hall–Kier alpha value is -2.66. The fraction of sp³-hybridized carbons (Fsp3) is 0.318. The van der Waals surface area contributed by atoms with Crippen molar-refractivity contribution in [1.82, 2.24) is 10.0 Å². The normalized spacial score (nSPS) is 21.5. The van der Waals surface area contributed by atoms with Crippen LogP contribution in [0.25, 0.3) is 0 Å². The lowest BCUT2D eigenvalue weighted by Crippen LogP contribution is -2.49. The number of nitrogens with zero attached hydrogens (tertiary/aromatic N) is 2.